The van der Waals surface area contributed by atoms with Crippen molar-refractivity contribution in [1.29, 1.82) is 0 Å². The number of amides is 2. The lowest BCUT2D eigenvalue weighted by molar-refractivity contribution is 0.262. The Morgan fingerprint density at radius 1 is 1.00 bits per heavy atom. The van der Waals surface area contributed by atoms with E-state index in [1.54, 1.807) is 11.3 Å². The van der Waals surface area contributed by atoms with Crippen molar-refractivity contribution in [2.45, 2.75) is 33.1 Å². The van der Waals surface area contributed by atoms with E-state index >= 15 is 0 Å². The summed E-state index contributed by atoms with van der Waals surface area (Å²) in [5.74, 6) is 0. The Morgan fingerprint density at radius 2 is 1.69 bits per heavy atom. The van der Waals surface area contributed by atoms with Crippen LogP contribution in [-0.4, -0.2) is 11.0 Å². The van der Waals surface area contributed by atoms with Crippen LogP contribution in [0.1, 0.15) is 31.3 Å². The van der Waals surface area contributed by atoms with Crippen LogP contribution in [0, 0.1) is 6.92 Å². The van der Waals surface area contributed by atoms with Gasteiger partial charge in [-0.1, -0.05) is 51.1 Å². The maximum atomic E-state index is 12.4. The second kappa shape index (κ2) is 7.30. The molecule has 0 aliphatic heterocycles. The third kappa shape index (κ3) is 4.29. The zero-order valence-corrected chi connectivity index (χ0v) is 16.3. The molecule has 2 aromatic carbocycles. The molecule has 0 aliphatic rings. The smallest absolute Gasteiger partial charge is 0.308 e. The molecule has 3 aromatic rings. The quantitative estimate of drug-likeness (QED) is 0.593. The Kier molecular flexibility index (Phi) is 5.09. The molecule has 2 amide bonds. The van der Waals surface area contributed by atoms with Gasteiger partial charge in [0.25, 0.3) is 0 Å². The number of benzene rings is 2. The van der Waals surface area contributed by atoms with Gasteiger partial charge in [0.2, 0.25) is 0 Å². The molecule has 0 radical (unpaired) electrons. The summed E-state index contributed by atoms with van der Waals surface area (Å²) in [5, 5.41) is 8.81. The van der Waals surface area contributed by atoms with Gasteiger partial charge >= 0.3 is 6.03 Å². The standard InChI is InChI=1S/C21H23N3OS/c1-14-22-19(13-26-14)17-7-5-6-8-18(17)24-20(25)23-16-11-9-15(10-12-16)21(2,3)4/h5-13H,1-4H3,(H2,23,24,25). The fourth-order valence-corrected chi connectivity index (χ4v) is 3.25. The minimum Gasteiger partial charge on any atom is -0.308 e. The zero-order valence-electron chi connectivity index (χ0n) is 15.5. The Morgan fingerprint density at radius 3 is 2.31 bits per heavy atom. The molecule has 134 valence electrons. The van der Waals surface area contributed by atoms with E-state index in [9.17, 15) is 4.79 Å². The number of anilines is 2. The lowest BCUT2D eigenvalue weighted by atomic mass is 9.87. The van der Waals surface area contributed by atoms with Crippen LogP contribution >= 0.6 is 11.3 Å². The van der Waals surface area contributed by atoms with Gasteiger partial charge in [-0.2, -0.15) is 0 Å². The molecule has 3 rings (SSSR count). The fraction of sp³-hybridized carbons (Fsp3) is 0.238. The number of urea groups is 1. The largest absolute Gasteiger partial charge is 0.323 e. The number of carbonyl (C=O) groups excluding carboxylic acids is 1. The van der Waals surface area contributed by atoms with Crippen LogP contribution in [0.15, 0.2) is 53.9 Å². The van der Waals surface area contributed by atoms with Crippen molar-refractivity contribution in [3.05, 3.63) is 64.5 Å². The van der Waals surface area contributed by atoms with Gasteiger partial charge in [0.15, 0.2) is 0 Å². The van der Waals surface area contributed by atoms with Gasteiger partial charge in [-0.05, 0) is 36.1 Å². The molecule has 0 aliphatic carbocycles. The van der Waals surface area contributed by atoms with Crippen LogP contribution in [0.25, 0.3) is 11.3 Å². The van der Waals surface area contributed by atoms with Crippen molar-refractivity contribution in [3.8, 4) is 11.3 Å². The predicted octanol–water partition coefficient (Wildman–Crippen LogP) is 6.06. The summed E-state index contributed by atoms with van der Waals surface area (Å²) in [5.41, 5.74) is 4.60. The molecule has 0 saturated heterocycles. The van der Waals surface area contributed by atoms with Crippen LogP contribution in [0.4, 0.5) is 16.2 Å². The molecule has 1 aromatic heterocycles. The van der Waals surface area contributed by atoms with E-state index in [2.05, 4.69) is 36.4 Å². The number of aromatic nitrogens is 1. The second-order valence-electron chi connectivity index (χ2n) is 7.20. The third-order valence-electron chi connectivity index (χ3n) is 4.08. The SMILES string of the molecule is Cc1nc(-c2ccccc2NC(=O)Nc2ccc(C(C)(C)C)cc2)cs1. The van der Waals surface area contributed by atoms with E-state index in [0.29, 0.717) is 0 Å². The maximum absolute atomic E-state index is 12.4. The number of hydrogen-bond donors (Lipinski definition) is 2. The Balaban J connectivity index is 1.73. The highest BCUT2D eigenvalue weighted by Crippen LogP contribution is 2.29. The Hall–Kier alpha value is -2.66. The minimum atomic E-state index is -0.270. The van der Waals surface area contributed by atoms with Gasteiger partial charge in [-0.25, -0.2) is 9.78 Å². The van der Waals surface area contributed by atoms with Crippen molar-refractivity contribution in [3.63, 3.8) is 0 Å². The summed E-state index contributed by atoms with van der Waals surface area (Å²) in [6.45, 7) is 8.47. The number of thiazole rings is 1. The number of carbonyl (C=O) groups is 1. The van der Waals surface area contributed by atoms with Gasteiger partial charge in [0, 0.05) is 16.6 Å². The maximum Gasteiger partial charge on any atom is 0.323 e. The Bertz CT molecular complexity index is 908. The highest BCUT2D eigenvalue weighted by Gasteiger charge is 2.14. The molecule has 2 N–H and O–H groups in total. The second-order valence-corrected chi connectivity index (χ2v) is 8.27. The number of hydrogen-bond acceptors (Lipinski definition) is 3. The molecular weight excluding hydrogens is 342 g/mol. The molecule has 0 bridgehead atoms. The van der Waals surface area contributed by atoms with E-state index in [1.165, 1.54) is 5.56 Å². The number of para-hydroxylation sites is 1. The van der Waals surface area contributed by atoms with Crippen molar-refractivity contribution < 1.29 is 4.79 Å². The van der Waals surface area contributed by atoms with Gasteiger partial charge in [0.1, 0.15) is 0 Å². The normalized spacial score (nSPS) is 11.2. The molecule has 4 nitrogen and oxygen atoms in total. The molecular formula is C21H23N3OS. The van der Waals surface area contributed by atoms with E-state index in [1.807, 2.05) is 60.8 Å². The van der Waals surface area contributed by atoms with Gasteiger partial charge in [0.05, 0.1) is 16.4 Å². The molecule has 5 heteroatoms. The molecule has 0 fully saturated rings. The van der Waals surface area contributed by atoms with Gasteiger partial charge < -0.3 is 10.6 Å². The van der Waals surface area contributed by atoms with Crippen LogP contribution in [0.5, 0.6) is 0 Å². The summed E-state index contributed by atoms with van der Waals surface area (Å²) in [6.07, 6.45) is 0. The van der Waals surface area contributed by atoms with Gasteiger partial charge in [-0.15, -0.1) is 11.3 Å². The molecule has 1 heterocycles. The van der Waals surface area contributed by atoms with E-state index in [4.69, 9.17) is 0 Å². The monoisotopic (exact) mass is 365 g/mol. The van der Waals surface area contributed by atoms with Crippen LogP contribution in [0.3, 0.4) is 0 Å². The van der Waals surface area contributed by atoms with E-state index < -0.39 is 0 Å². The van der Waals surface area contributed by atoms with Crippen LogP contribution < -0.4 is 10.6 Å². The number of nitrogens with one attached hydrogen (secondary N) is 2. The first-order chi connectivity index (χ1) is 12.3. The van der Waals surface area contributed by atoms with Crippen LogP contribution in [-0.2, 0) is 5.41 Å². The highest BCUT2D eigenvalue weighted by molar-refractivity contribution is 7.09. The summed E-state index contributed by atoms with van der Waals surface area (Å²) >= 11 is 1.59. The van der Waals surface area contributed by atoms with E-state index in [0.717, 1.165) is 27.6 Å². The van der Waals surface area contributed by atoms with Crippen molar-refractivity contribution in [2.24, 2.45) is 0 Å². The predicted molar refractivity (Wildman–Crippen MR) is 110 cm³/mol. The zero-order chi connectivity index (χ0) is 18.7. The average molecular weight is 366 g/mol. The number of nitrogens with zero attached hydrogens (tertiary/aromatic N) is 1. The average Bonchev–Trinajstić information content (AvgIpc) is 3.01. The molecule has 0 unspecified atom stereocenters. The first kappa shape index (κ1) is 18.1. The summed E-state index contributed by atoms with van der Waals surface area (Å²) in [7, 11) is 0. The molecule has 26 heavy (non-hydrogen) atoms. The first-order valence-electron chi connectivity index (χ1n) is 8.53. The third-order valence-corrected chi connectivity index (χ3v) is 4.85. The molecule has 0 spiro atoms. The van der Waals surface area contributed by atoms with Crippen LogP contribution in [0.2, 0.25) is 0 Å². The molecule has 0 saturated carbocycles. The van der Waals surface area contributed by atoms with Crippen molar-refractivity contribution in [1.82, 2.24) is 4.98 Å². The molecule has 0 atom stereocenters. The summed E-state index contributed by atoms with van der Waals surface area (Å²) < 4.78 is 0. The topological polar surface area (TPSA) is 54.0 Å². The van der Waals surface area contributed by atoms with Gasteiger partial charge in [-0.3, -0.25) is 0 Å². The van der Waals surface area contributed by atoms with Crippen molar-refractivity contribution in [2.75, 3.05) is 10.6 Å². The van der Waals surface area contributed by atoms with E-state index in [-0.39, 0.29) is 11.4 Å². The first-order valence-corrected chi connectivity index (χ1v) is 9.41. The van der Waals surface area contributed by atoms with Crippen molar-refractivity contribution >= 4 is 28.7 Å². The highest BCUT2D eigenvalue weighted by atomic mass is 32.1. The number of rotatable bonds is 3. The lowest BCUT2D eigenvalue weighted by Crippen LogP contribution is -2.20. The number of aryl methyl sites for hydroxylation is 1. The lowest BCUT2D eigenvalue weighted by Gasteiger charge is -2.19. The summed E-state index contributed by atoms with van der Waals surface area (Å²) in [4.78, 5) is 16.9. The fourth-order valence-electron chi connectivity index (χ4n) is 2.64. The minimum absolute atomic E-state index is 0.0887. The summed E-state index contributed by atoms with van der Waals surface area (Å²) in [6, 6.07) is 15.4. The Labute approximate surface area is 158 Å².